The predicted octanol–water partition coefficient (Wildman–Crippen LogP) is 3.80. The van der Waals surface area contributed by atoms with E-state index in [-0.39, 0.29) is 10.8 Å². The minimum absolute atomic E-state index is 0.199. The molecule has 0 saturated carbocycles. The summed E-state index contributed by atoms with van der Waals surface area (Å²) in [6.45, 7) is 0. The largest absolute Gasteiger partial charge is 0.438 e. The van der Waals surface area contributed by atoms with Gasteiger partial charge in [0.25, 0.3) is 0 Å². The molecule has 3 rings (SSSR count). The molecule has 3 nitrogen and oxygen atoms in total. The van der Waals surface area contributed by atoms with Crippen molar-refractivity contribution in [2.24, 2.45) is 5.73 Å². The van der Waals surface area contributed by atoms with E-state index in [9.17, 15) is 4.39 Å². The first-order chi connectivity index (χ1) is 10.1. The Kier molecular flexibility index (Phi) is 3.50. The Morgan fingerprint density at radius 2 is 1.81 bits per heavy atom. The zero-order chi connectivity index (χ0) is 14.8. The van der Waals surface area contributed by atoms with Crippen LogP contribution in [0.15, 0.2) is 54.6 Å². The lowest BCUT2D eigenvalue weighted by atomic mass is 10.1. The summed E-state index contributed by atoms with van der Waals surface area (Å²) in [6.07, 6.45) is 0. The molecule has 0 radical (unpaired) electrons. The highest BCUT2D eigenvalue weighted by atomic mass is 32.1. The summed E-state index contributed by atoms with van der Waals surface area (Å²) in [5.74, 6) is 0.452. The maximum absolute atomic E-state index is 12.9. The van der Waals surface area contributed by atoms with Gasteiger partial charge in [-0.25, -0.2) is 9.37 Å². The second-order valence-corrected chi connectivity index (χ2v) is 4.89. The number of hydrogen-bond acceptors (Lipinski definition) is 3. The Balaban J connectivity index is 2.09. The van der Waals surface area contributed by atoms with Crippen molar-refractivity contribution in [1.29, 1.82) is 0 Å². The van der Waals surface area contributed by atoms with Gasteiger partial charge in [-0.1, -0.05) is 30.4 Å². The van der Waals surface area contributed by atoms with E-state index in [1.165, 1.54) is 24.3 Å². The molecule has 2 N–H and O–H groups in total. The van der Waals surface area contributed by atoms with Crippen LogP contribution in [-0.4, -0.2) is 9.97 Å². The number of thiocarbonyl (C=S) groups is 1. The molecule has 0 aliphatic rings. The third-order valence-corrected chi connectivity index (χ3v) is 3.20. The van der Waals surface area contributed by atoms with E-state index in [0.29, 0.717) is 17.2 Å². The molecule has 0 bridgehead atoms. The molecule has 104 valence electrons. The SMILES string of the molecule is NC(=S)c1cc2ccccc2nc1Oc1ccc(F)cc1. The molecular weight excluding hydrogens is 287 g/mol. The second-order valence-electron chi connectivity index (χ2n) is 4.45. The van der Waals surface area contributed by atoms with Gasteiger partial charge in [0, 0.05) is 5.39 Å². The van der Waals surface area contributed by atoms with Gasteiger partial charge in [-0.15, -0.1) is 0 Å². The number of pyridine rings is 1. The van der Waals surface area contributed by atoms with Crippen LogP contribution in [0.2, 0.25) is 0 Å². The van der Waals surface area contributed by atoms with Crippen molar-refractivity contribution >= 4 is 28.1 Å². The lowest BCUT2D eigenvalue weighted by Crippen LogP contribution is -2.11. The zero-order valence-corrected chi connectivity index (χ0v) is 11.7. The molecule has 1 heterocycles. The summed E-state index contributed by atoms with van der Waals surface area (Å²) in [4.78, 5) is 4.63. The summed E-state index contributed by atoms with van der Waals surface area (Å²) in [6, 6.07) is 15.1. The molecule has 0 fully saturated rings. The molecule has 0 spiro atoms. The van der Waals surface area contributed by atoms with E-state index in [2.05, 4.69) is 4.98 Å². The molecule has 1 aromatic heterocycles. The average molecular weight is 298 g/mol. The normalized spacial score (nSPS) is 10.5. The number of halogens is 1. The highest BCUT2D eigenvalue weighted by molar-refractivity contribution is 7.80. The van der Waals surface area contributed by atoms with Gasteiger partial charge in [-0.3, -0.25) is 0 Å². The van der Waals surface area contributed by atoms with Crippen LogP contribution in [0.3, 0.4) is 0 Å². The van der Waals surface area contributed by atoms with Gasteiger partial charge in [0.05, 0.1) is 11.1 Å². The Labute approximate surface area is 126 Å². The van der Waals surface area contributed by atoms with Crippen LogP contribution in [0.25, 0.3) is 10.9 Å². The topological polar surface area (TPSA) is 48.1 Å². The monoisotopic (exact) mass is 298 g/mol. The molecule has 0 unspecified atom stereocenters. The average Bonchev–Trinajstić information content (AvgIpc) is 2.48. The first-order valence-corrected chi connectivity index (χ1v) is 6.67. The fourth-order valence-electron chi connectivity index (χ4n) is 1.97. The van der Waals surface area contributed by atoms with E-state index < -0.39 is 0 Å². The Bertz CT molecular complexity index is 818. The molecule has 3 aromatic rings. The van der Waals surface area contributed by atoms with Gasteiger partial charge in [-0.2, -0.15) is 0 Å². The summed E-state index contributed by atoms with van der Waals surface area (Å²) in [7, 11) is 0. The van der Waals surface area contributed by atoms with Gasteiger partial charge in [0.2, 0.25) is 5.88 Å². The van der Waals surface area contributed by atoms with Crippen LogP contribution in [0.4, 0.5) is 4.39 Å². The first-order valence-electron chi connectivity index (χ1n) is 6.26. The first kappa shape index (κ1) is 13.5. The van der Waals surface area contributed by atoms with E-state index in [1.807, 2.05) is 30.3 Å². The minimum Gasteiger partial charge on any atom is -0.438 e. The number of ether oxygens (including phenoxy) is 1. The van der Waals surface area contributed by atoms with Gasteiger partial charge < -0.3 is 10.5 Å². The van der Waals surface area contributed by atoms with Crippen molar-refractivity contribution in [3.05, 3.63) is 66.0 Å². The smallest absolute Gasteiger partial charge is 0.230 e. The van der Waals surface area contributed by atoms with Crippen LogP contribution in [0, 0.1) is 5.82 Å². The van der Waals surface area contributed by atoms with Crippen molar-refractivity contribution in [1.82, 2.24) is 4.98 Å². The molecule has 0 aliphatic heterocycles. The van der Waals surface area contributed by atoms with E-state index in [1.54, 1.807) is 0 Å². The van der Waals surface area contributed by atoms with Crippen LogP contribution in [0.1, 0.15) is 5.56 Å². The fourth-order valence-corrected chi connectivity index (χ4v) is 2.11. The van der Waals surface area contributed by atoms with Crippen LogP contribution in [0.5, 0.6) is 11.6 Å². The minimum atomic E-state index is -0.330. The molecule has 5 heteroatoms. The van der Waals surface area contributed by atoms with E-state index in [4.69, 9.17) is 22.7 Å². The number of hydrogen-bond donors (Lipinski definition) is 1. The van der Waals surface area contributed by atoms with Crippen LogP contribution >= 0.6 is 12.2 Å². The van der Waals surface area contributed by atoms with Crippen molar-refractivity contribution in [2.75, 3.05) is 0 Å². The number of benzene rings is 2. The number of aromatic nitrogens is 1. The van der Waals surface area contributed by atoms with Crippen LogP contribution in [-0.2, 0) is 0 Å². The number of nitrogens with zero attached hydrogens (tertiary/aromatic N) is 1. The fraction of sp³-hybridized carbons (Fsp3) is 0. The van der Waals surface area contributed by atoms with Crippen molar-refractivity contribution in [3.63, 3.8) is 0 Å². The maximum Gasteiger partial charge on any atom is 0.230 e. The molecule has 2 aromatic carbocycles. The Hall–Kier alpha value is -2.53. The maximum atomic E-state index is 12.9. The number of rotatable bonds is 3. The highest BCUT2D eigenvalue weighted by Crippen LogP contribution is 2.27. The van der Waals surface area contributed by atoms with Crippen molar-refractivity contribution in [2.45, 2.75) is 0 Å². The molecular formula is C16H11FN2OS. The molecule has 0 amide bonds. The number of nitrogens with two attached hydrogens (primary N) is 1. The molecule has 0 saturated heterocycles. The van der Waals surface area contributed by atoms with Gasteiger partial charge in [-0.05, 0) is 36.4 Å². The number of para-hydroxylation sites is 1. The van der Waals surface area contributed by atoms with Crippen molar-refractivity contribution < 1.29 is 9.13 Å². The second kappa shape index (κ2) is 5.46. The highest BCUT2D eigenvalue weighted by Gasteiger charge is 2.11. The molecule has 0 aliphatic carbocycles. The zero-order valence-electron chi connectivity index (χ0n) is 10.9. The standard InChI is InChI=1S/C16H11FN2OS/c17-11-5-7-12(8-6-11)20-16-13(15(18)21)9-10-3-1-2-4-14(10)19-16/h1-9H,(H2,18,21). The lowest BCUT2D eigenvalue weighted by Gasteiger charge is -2.10. The van der Waals surface area contributed by atoms with Gasteiger partial charge in [0.15, 0.2) is 0 Å². The summed E-state index contributed by atoms with van der Waals surface area (Å²) >= 11 is 5.05. The van der Waals surface area contributed by atoms with Crippen LogP contribution < -0.4 is 10.5 Å². The molecule has 21 heavy (non-hydrogen) atoms. The van der Waals surface area contributed by atoms with Crippen molar-refractivity contribution in [3.8, 4) is 11.6 Å². The third-order valence-electron chi connectivity index (χ3n) is 2.98. The lowest BCUT2D eigenvalue weighted by molar-refractivity contribution is 0.462. The van der Waals surface area contributed by atoms with Gasteiger partial charge in [0.1, 0.15) is 16.6 Å². The van der Waals surface area contributed by atoms with E-state index >= 15 is 0 Å². The number of fused-ring (bicyclic) bond motifs is 1. The quantitative estimate of drug-likeness (QED) is 0.747. The summed E-state index contributed by atoms with van der Waals surface area (Å²) in [5, 5.41) is 0.923. The summed E-state index contributed by atoms with van der Waals surface area (Å²) < 4.78 is 18.6. The third kappa shape index (κ3) is 2.83. The predicted molar refractivity (Wildman–Crippen MR) is 84.1 cm³/mol. The van der Waals surface area contributed by atoms with Gasteiger partial charge >= 0.3 is 0 Å². The Morgan fingerprint density at radius 1 is 1.10 bits per heavy atom. The Morgan fingerprint density at radius 3 is 2.52 bits per heavy atom. The summed E-state index contributed by atoms with van der Waals surface area (Å²) in [5.41, 5.74) is 7.06. The van der Waals surface area contributed by atoms with E-state index in [0.717, 1.165) is 10.9 Å². The molecule has 0 atom stereocenters.